The minimum absolute atomic E-state index is 0.00170. The summed E-state index contributed by atoms with van der Waals surface area (Å²) in [6.45, 7) is 10.3. The van der Waals surface area contributed by atoms with Crippen molar-refractivity contribution in [2.75, 3.05) is 7.11 Å². The summed E-state index contributed by atoms with van der Waals surface area (Å²) in [5.41, 5.74) is 4.10. The maximum atomic E-state index is 10.6. The zero-order chi connectivity index (χ0) is 17.6. The Balaban J connectivity index is 3.09. The van der Waals surface area contributed by atoms with E-state index in [0.717, 1.165) is 22.4 Å². The van der Waals surface area contributed by atoms with Crippen molar-refractivity contribution < 1.29 is 14.6 Å². The fourth-order valence-corrected chi connectivity index (χ4v) is 2.22. The molecule has 0 fully saturated rings. The number of hydrogen-bond donors (Lipinski definition) is 1. The third-order valence-corrected chi connectivity index (χ3v) is 3.52. The summed E-state index contributed by atoms with van der Waals surface area (Å²) in [5, 5.41) is 8.69. The van der Waals surface area contributed by atoms with Crippen molar-refractivity contribution in [3.8, 4) is 5.75 Å². The number of benzene rings is 1. The highest BCUT2D eigenvalue weighted by molar-refractivity contribution is 5.81. The molecule has 0 atom stereocenters. The molecule has 0 aromatic heterocycles. The largest absolute Gasteiger partial charge is 0.496 e. The van der Waals surface area contributed by atoms with Gasteiger partial charge < -0.3 is 9.84 Å². The van der Waals surface area contributed by atoms with Gasteiger partial charge in [-0.1, -0.05) is 45.1 Å². The third kappa shape index (κ3) is 5.78. The van der Waals surface area contributed by atoms with E-state index in [-0.39, 0.29) is 5.41 Å². The maximum absolute atomic E-state index is 10.6. The second kappa shape index (κ2) is 7.82. The van der Waals surface area contributed by atoms with E-state index in [1.54, 1.807) is 20.1 Å². The van der Waals surface area contributed by atoms with Crippen LogP contribution in [0.1, 0.15) is 45.7 Å². The molecule has 0 amide bonds. The Morgan fingerprint density at radius 3 is 2.39 bits per heavy atom. The summed E-state index contributed by atoms with van der Waals surface area (Å²) in [6, 6.07) is 6.18. The van der Waals surface area contributed by atoms with Gasteiger partial charge in [-0.05, 0) is 48.1 Å². The van der Waals surface area contributed by atoms with Gasteiger partial charge in [-0.15, -0.1) is 0 Å². The van der Waals surface area contributed by atoms with Crippen molar-refractivity contribution >= 4 is 11.5 Å². The summed E-state index contributed by atoms with van der Waals surface area (Å²) < 4.78 is 5.46. The van der Waals surface area contributed by atoms with Gasteiger partial charge in [0.1, 0.15) is 5.75 Å². The number of methoxy groups -OCH3 is 1. The first kappa shape index (κ1) is 18.8. The molecular weight excluding hydrogens is 288 g/mol. The molecule has 124 valence electrons. The maximum Gasteiger partial charge on any atom is 0.328 e. The second-order valence-corrected chi connectivity index (χ2v) is 6.60. The highest BCUT2D eigenvalue weighted by Gasteiger charge is 2.19. The van der Waals surface area contributed by atoms with Crippen LogP contribution in [0, 0.1) is 0 Å². The number of carbonyl (C=O) groups is 1. The zero-order valence-electron chi connectivity index (χ0n) is 14.8. The molecule has 1 rings (SSSR count). The number of ether oxygens (including phenoxy) is 1. The van der Waals surface area contributed by atoms with Gasteiger partial charge in [0, 0.05) is 11.6 Å². The lowest BCUT2D eigenvalue weighted by Crippen LogP contribution is -2.13. The molecular formula is C20H26O3. The van der Waals surface area contributed by atoms with Crippen LogP contribution < -0.4 is 4.74 Å². The molecule has 0 aliphatic rings. The van der Waals surface area contributed by atoms with Gasteiger partial charge in [0.25, 0.3) is 0 Å². The van der Waals surface area contributed by atoms with E-state index in [1.807, 2.05) is 31.2 Å². The summed E-state index contributed by atoms with van der Waals surface area (Å²) in [4.78, 5) is 10.6. The number of hydrogen-bond acceptors (Lipinski definition) is 2. The molecule has 23 heavy (non-hydrogen) atoms. The number of aliphatic carboxylic acids is 1. The normalized spacial score (nSPS) is 13.5. The molecule has 0 radical (unpaired) electrons. The minimum Gasteiger partial charge on any atom is -0.496 e. The molecule has 1 N–H and O–H groups in total. The molecule has 3 heteroatoms. The van der Waals surface area contributed by atoms with E-state index in [2.05, 4.69) is 26.8 Å². The number of carboxylic acids is 1. The van der Waals surface area contributed by atoms with Gasteiger partial charge in [-0.3, -0.25) is 0 Å². The number of rotatable bonds is 5. The highest BCUT2D eigenvalue weighted by atomic mass is 16.5. The van der Waals surface area contributed by atoms with E-state index in [0.29, 0.717) is 5.57 Å². The van der Waals surface area contributed by atoms with E-state index in [1.165, 1.54) is 6.08 Å². The average Bonchev–Trinajstić information content (AvgIpc) is 2.44. The molecule has 0 saturated carbocycles. The Bertz CT molecular complexity index is 656. The van der Waals surface area contributed by atoms with Crippen molar-refractivity contribution in [2.45, 2.75) is 40.0 Å². The Kier molecular flexibility index (Phi) is 6.38. The van der Waals surface area contributed by atoms with Crippen molar-refractivity contribution in [3.63, 3.8) is 0 Å². The Hall–Kier alpha value is -2.29. The predicted octanol–water partition coefficient (Wildman–Crippen LogP) is 4.98. The van der Waals surface area contributed by atoms with Gasteiger partial charge in [0.15, 0.2) is 0 Å². The molecule has 0 spiro atoms. The topological polar surface area (TPSA) is 46.5 Å². The van der Waals surface area contributed by atoms with E-state index in [4.69, 9.17) is 9.84 Å². The number of carboxylic acid groups (broad SMARTS) is 1. The van der Waals surface area contributed by atoms with Crippen LogP contribution in [0.3, 0.4) is 0 Å². The van der Waals surface area contributed by atoms with Crippen LogP contribution in [-0.4, -0.2) is 18.2 Å². The quantitative estimate of drug-likeness (QED) is 0.615. The van der Waals surface area contributed by atoms with E-state index in [9.17, 15) is 4.79 Å². The summed E-state index contributed by atoms with van der Waals surface area (Å²) >= 11 is 0. The Morgan fingerprint density at radius 1 is 1.22 bits per heavy atom. The van der Waals surface area contributed by atoms with Gasteiger partial charge >= 0.3 is 5.97 Å². The molecule has 1 aromatic carbocycles. The SMILES string of the molecule is COc1ccc(C(C)=CC=CC(C)=CC(=O)O)cc1C(C)(C)C. The van der Waals surface area contributed by atoms with Crippen LogP contribution >= 0.6 is 0 Å². The molecule has 0 aliphatic heterocycles. The summed E-state index contributed by atoms with van der Waals surface area (Å²) in [7, 11) is 1.69. The van der Waals surface area contributed by atoms with Crippen molar-refractivity contribution in [1.82, 2.24) is 0 Å². The fourth-order valence-electron chi connectivity index (χ4n) is 2.22. The number of allylic oxidation sites excluding steroid dienone is 5. The summed E-state index contributed by atoms with van der Waals surface area (Å²) in [6.07, 6.45) is 6.81. The zero-order valence-corrected chi connectivity index (χ0v) is 14.8. The van der Waals surface area contributed by atoms with Crippen molar-refractivity contribution in [1.29, 1.82) is 0 Å². The molecule has 0 bridgehead atoms. The minimum atomic E-state index is -0.933. The molecule has 0 saturated heterocycles. The lowest BCUT2D eigenvalue weighted by molar-refractivity contribution is -0.131. The van der Waals surface area contributed by atoms with Crippen LogP contribution in [0.5, 0.6) is 5.75 Å². The van der Waals surface area contributed by atoms with Crippen LogP contribution in [0.2, 0.25) is 0 Å². The highest BCUT2D eigenvalue weighted by Crippen LogP contribution is 2.33. The standard InChI is InChI=1S/C20H26O3/c1-14(12-19(21)22)8-7-9-15(2)16-10-11-18(23-6)17(13-16)20(3,4)5/h7-13H,1-6H3,(H,21,22). The van der Waals surface area contributed by atoms with Gasteiger partial charge in [-0.2, -0.15) is 0 Å². The predicted molar refractivity (Wildman–Crippen MR) is 95.9 cm³/mol. The monoisotopic (exact) mass is 314 g/mol. The molecule has 1 aromatic rings. The first-order chi connectivity index (χ1) is 10.6. The van der Waals surface area contributed by atoms with Gasteiger partial charge in [0.2, 0.25) is 0 Å². The van der Waals surface area contributed by atoms with Crippen LogP contribution in [0.25, 0.3) is 5.57 Å². The van der Waals surface area contributed by atoms with Crippen molar-refractivity contribution in [3.05, 3.63) is 59.2 Å². The van der Waals surface area contributed by atoms with Gasteiger partial charge in [0.05, 0.1) is 7.11 Å². The smallest absolute Gasteiger partial charge is 0.328 e. The van der Waals surface area contributed by atoms with E-state index < -0.39 is 5.97 Å². The first-order valence-electron chi connectivity index (χ1n) is 7.60. The molecule has 0 aliphatic carbocycles. The Labute approximate surface area is 139 Å². The average molecular weight is 314 g/mol. The molecule has 0 unspecified atom stereocenters. The second-order valence-electron chi connectivity index (χ2n) is 6.60. The molecule has 0 heterocycles. The van der Waals surface area contributed by atoms with Gasteiger partial charge in [-0.25, -0.2) is 4.79 Å². The fraction of sp³-hybridized carbons (Fsp3) is 0.350. The Morgan fingerprint density at radius 2 is 1.87 bits per heavy atom. The first-order valence-corrected chi connectivity index (χ1v) is 7.60. The third-order valence-electron chi connectivity index (χ3n) is 3.52. The lowest BCUT2D eigenvalue weighted by atomic mass is 9.84. The van der Waals surface area contributed by atoms with E-state index >= 15 is 0 Å². The lowest BCUT2D eigenvalue weighted by Gasteiger charge is -2.23. The van der Waals surface area contributed by atoms with Crippen LogP contribution in [0.4, 0.5) is 0 Å². The summed E-state index contributed by atoms with van der Waals surface area (Å²) in [5.74, 6) is -0.0392. The van der Waals surface area contributed by atoms with Crippen LogP contribution in [-0.2, 0) is 10.2 Å². The van der Waals surface area contributed by atoms with Crippen molar-refractivity contribution in [2.24, 2.45) is 0 Å². The molecule has 3 nitrogen and oxygen atoms in total. The van der Waals surface area contributed by atoms with Crippen LogP contribution in [0.15, 0.2) is 48.1 Å².